The van der Waals surface area contributed by atoms with Gasteiger partial charge in [-0.15, -0.1) is 0 Å². The third kappa shape index (κ3) is 3.40. The number of halogens is 2. The lowest BCUT2D eigenvalue weighted by Gasteiger charge is -2.45. The van der Waals surface area contributed by atoms with E-state index in [9.17, 15) is 14.3 Å². The summed E-state index contributed by atoms with van der Waals surface area (Å²) in [5.41, 5.74) is 2.25. The van der Waals surface area contributed by atoms with Crippen LogP contribution in [-0.2, 0) is 4.79 Å². The first kappa shape index (κ1) is 18.6. The number of nitrogens with zero attached hydrogens (tertiary/aromatic N) is 3. The van der Waals surface area contributed by atoms with E-state index >= 15 is 0 Å². The van der Waals surface area contributed by atoms with Crippen molar-refractivity contribution < 1.29 is 14.3 Å². The standard InChI is InChI=1S/C19H19ClFN5O2/c1-19(3-2-4-19)14(6-16(27)28)25-13-5-12(22-8-11(13)21)10-7-23-18-17(10)26-15(20)9-24-18/h5,7-9,14H,2-4,6H2,1H3,(H,22,25)(H,23,24)(H,27,28). The minimum Gasteiger partial charge on any atom is -0.481 e. The van der Waals surface area contributed by atoms with Crippen LogP contribution in [0.25, 0.3) is 22.4 Å². The second-order valence-corrected chi connectivity index (χ2v) is 7.83. The van der Waals surface area contributed by atoms with E-state index in [1.165, 1.54) is 6.20 Å². The van der Waals surface area contributed by atoms with E-state index in [-0.39, 0.29) is 28.7 Å². The summed E-state index contributed by atoms with van der Waals surface area (Å²) >= 11 is 5.95. The molecule has 4 rings (SSSR count). The fraction of sp³-hybridized carbons (Fsp3) is 0.368. The van der Waals surface area contributed by atoms with Gasteiger partial charge in [0.15, 0.2) is 11.5 Å². The van der Waals surface area contributed by atoms with Gasteiger partial charge in [0.1, 0.15) is 10.7 Å². The Hall–Kier alpha value is -2.74. The van der Waals surface area contributed by atoms with Crippen molar-refractivity contribution in [3.05, 3.63) is 35.6 Å². The van der Waals surface area contributed by atoms with E-state index in [4.69, 9.17) is 11.6 Å². The molecule has 3 heterocycles. The van der Waals surface area contributed by atoms with Crippen molar-refractivity contribution in [1.82, 2.24) is 19.9 Å². The number of fused-ring (bicyclic) bond motifs is 1. The number of hydrogen-bond acceptors (Lipinski definition) is 5. The van der Waals surface area contributed by atoms with Crippen LogP contribution in [0.3, 0.4) is 0 Å². The third-order valence-electron chi connectivity index (χ3n) is 5.53. The number of H-pyrrole nitrogens is 1. The highest BCUT2D eigenvalue weighted by molar-refractivity contribution is 6.29. The molecular weight excluding hydrogens is 385 g/mol. The van der Waals surface area contributed by atoms with Gasteiger partial charge >= 0.3 is 5.97 Å². The predicted molar refractivity (Wildman–Crippen MR) is 104 cm³/mol. The van der Waals surface area contributed by atoms with Crippen molar-refractivity contribution in [2.24, 2.45) is 5.41 Å². The van der Waals surface area contributed by atoms with Gasteiger partial charge in [-0.3, -0.25) is 9.78 Å². The van der Waals surface area contributed by atoms with Crippen LogP contribution in [0, 0.1) is 11.2 Å². The Bertz CT molecular complexity index is 1050. The number of carboxylic acid groups (broad SMARTS) is 1. The van der Waals surface area contributed by atoms with Gasteiger partial charge in [0.2, 0.25) is 0 Å². The first-order valence-corrected chi connectivity index (χ1v) is 9.37. The van der Waals surface area contributed by atoms with Crippen LogP contribution in [0.15, 0.2) is 24.7 Å². The van der Waals surface area contributed by atoms with Gasteiger partial charge in [0.05, 0.1) is 30.2 Å². The Balaban J connectivity index is 1.70. The van der Waals surface area contributed by atoms with E-state index in [0.29, 0.717) is 22.4 Å². The van der Waals surface area contributed by atoms with Crippen LogP contribution in [0.1, 0.15) is 32.6 Å². The first-order chi connectivity index (χ1) is 13.4. The molecule has 0 radical (unpaired) electrons. The third-order valence-corrected chi connectivity index (χ3v) is 5.71. The lowest BCUT2D eigenvalue weighted by Crippen LogP contribution is -2.44. The van der Waals surface area contributed by atoms with E-state index in [0.717, 1.165) is 25.5 Å². The highest BCUT2D eigenvalue weighted by Crippen LogP contribution is 2.45. The number of pyridine rings is 1. The van der Waals surface area contributed by atoms with Crippen LogP contribution in [0.2, 0.25) is 5.15 Å². The number of carbonyl (C=O) groups is 1. The lowest BCUT2D eigenvalue weighted by atomic mass is 9.64. The van der Waals surface area contributed by atoms with Crippen molar-refractivity contribution in [3.8, 4) is 11.3 Å². The van der Waals surface area contributed by atoms with Crippen LogP contribution < -0.4 is 5.32 Å². The van der Waals surface area contributed by atoms with Gasteiger partial charge in [-0.05, 0) is 24.3 Å². The van der Waals surface area contributed by atoms with Crippen molar-refractivity contribution in [2.75, 3.05) is 5.32 Å². The first-order valence-electron chi connectivity index (χ1n) is 8.99. The normalized spacial score (nSPS) is 16.5. The van der Waals surface area contributed by atoms with Crippen molar-refractivity contribution in [1.29, 1.82) is 0 Å². The van der Waals surface area contributed by atoms with Crippen molar-refractivity contribution in [3.63, 3.8) is 0 Å². The zero-order chi connectivity index (χ0) is 19.9. The molecule has 28 heavy (non-hydrogen) atoms. The molecule has 1 aliphatic rings. The minimum atomic E-state index is -0.915. The Morgan fingerprint density at radius 2 is 2.21 bits per heavy atom. The van der Waals surface area contributed by atoms with E-state index < -0.39 is 11.8 Å². The van der Waals surface area contributed by atoms with Gasteiger partial charge in [0, 0.05) is 17.8 Å². The summed E-state index contributed by atoms with van der Waals surface area (Å²) in [7, 11) is 0. The summed E-state index contributed by atoms with van der Waals surface area (Å²) in [4.78, 5) is 26.9. The fourth-order valence-corrected chi connectivity index (χ4v) is 3.81. The number of aromatic amines is 1. The number of nitrogens with one attached hydrogen (secondary N) is 2. The summed E-state index contributed by atoms with van der Waals surface area (Å²) in [5, 5.41) is 12.6. The van der Waals surface area contributed by atoms with Crippen LogP contribution >= 0.6 is 11.6 Å². The average molecular weight is 404 g/mol. The van der Waals surface area contributed by atoms with Crippen LogP contribution in [0.4, 0.5) is 10.1 Å². The molecule has 1 aliphatic carbocycles. The van der Waals surface area contributed by atoms with Crippen LogP contribution in [-0.4, -0.2) is 37.1 Å². The molecule has 0 saturated heterocycles. The second-order valence-electron chi connectivity index (χ2n) is 7.44. The number of carboxylic acids is 1. The summed E-state index contributed by atoms with van der Waals surface area (Å²) in [6.45, 7) is 2.04. The van der Waals surface area contributed by atoms with Crippen molar-refractivity contribution >= 4 is 34.4 Å². The van der Waals surface area contributed by atoms with Crippen molar-refractivity contribution in [2.45, 2.75) is 38.6 Å². The zero-order valence-corrected chi connectivity index (χ0v) is 15.9. The molecule has 0 aromatic carbocycles. The molecule has 3 aromatic rings. The minimum absolute atomic E-state index is 0.0816. The summed E-state index contributed by atoms with van der Waals surface area (Å²) < 4.78 is 14.5. The molecule has 146 valence electrons. The highest BCUT2D eigenvalue weighted by Gasteiger charge is 2.41. The van der Waals surface area contributed by atoms with E-state index in [1.54, 1.807) is 12.3 Å². The molecule has 1 unspecified atom stereocenters. The molecule has 3 aromatic heterocycles. The molecule has 9 heteroatoms. The molecule has 1 saturated carbocycles. The summed E-state index contributed by atoms with van der Waals surface area (Å²) in [6.07, 6.45) is 7.03. The second kappa shape index (κ2) is 7.01. The number of aromatic nitrogens is 4. The molecule has 3 N–H and O–H groups in total. The largest absolute Gasteiger partial charge is 0.481 e. The quantitative estimate of drug-likeness (QED) is 0.568. The topological polar surface area (TPSA) is 104 Å². The summed E-state index contributed by atoms with van der Waals surface area (Å²) in [6, 6.07) is 1.19. The van der Waals surface area contributed by atoms with Gasteiger partial charge < -0.3 is 15.4 Å². The van der Waals surface area contributed by atoms with Gasteiger partial charge in [-0.1, -0.05) is 24.9 Å². The van der Waals surface area contributed by atoms with Gasteiger partial charge in [0.25, 0.3) is 0 Å². The molecule has 7 nitrogen and oxygen atoms in total. The maximum absolute atomic E-state index is 14.5. The summed E-state index contributed by atoms with van der Waals surface area (Å²) in [5.74, 6) is -1.45. The monoisotopic (exact) mass is 403 g/mol. The fourth-order valence-electron chi connectivity index (χ4n) is 3.68. The predicted octanol–water partition coefficient (Wildman–Crippen LogP) is 4.26. The Morgan fingerprint density at radius 1 is 1.43 bits per heavy atom. The number of rotatable bonds is 6. The smallest absolute Gasteiger partial charge is 0.305 e. The number of hydrogen-bond donors (Lipinski definition) is 3. The molecule has 0 aliphatic heterocycles. The zero-order valence-electron chi connectivity index (χ0n) is 15.2. The Kier molecular flexibility index (Phi) is 4.66. The maximum atomic E-state index is 14.5. The maximum Gasteiger partial charge on any atom is 0.305 e. The number of aliphatic carboxylic acids is 1. The van der Waals surface area contributed by atoms with E-state index in [1.807, 2.05) is 6.92 Å². The molecule has 0 amide bonds. The van der Waals surface area contributed by atoms with Gasteiger partial charge in [-0.25, -0.2) is 14.4 Å². The number of anilines is 1. The molecule has 0 spiro atoms. The molecule has 1 fully saturated rings. The molecular formula is C19H19ClFN5O2. The lowest BCUT2D eigenvalue weighted by molar-refractivity contribution is -0.138. The average Bonchev–Trinajstić information content (AvgIpc) is 3.03. The van der Waals surface area contributed by atoms with Gasteiger partial charge in [-0.2, -0.15) is 0 Å². The molecule has 1 atom stereocenters. The highest BCUT2D eigenvalue weighted by atomic mass is 35.5. The Labute approximate surface area is 165 Å². The van der Waals surface area contributed by atoms with E-state index in [2.05, 4.69) is 25.3 Å². The molecule has 0 bridgehead atoms. The van der Waals surface area contributed by atoms with Crippen LogP contribution in [0.5, 0.6) is 0 Å². The Morgan fingerprint density at radius 3 is 2.89 bits per heavy atom. The SMILES string of the molecule is CC1(C(CC(=O)O)Nc2cc(-c3c[nH]c4ncc(Cl)nc34)ncc2F)CCC1.